The highest BCUT2D eigenvalue weighted by Crippen LogP contribution is 2.30. The van der Waals surface area contributed by atoms with Crippen molar-refractivity contribution in [3.8, 4) is 5.75 Å². The second-order valence-electron chi connectivity index (χ2n) is 6.39. The number of likely N-dealkylation sites (tertiary alicyclic amines) is 1. The molecule has 0 atom stereocenters. The third-order valence-electron chi connectivity index (χ3n) is 4.86. The molecular formula is C20H22ClNO3. The number of hydrogen-bond donors (Lipinski definition) is 0. The molecule has 2 aromatic carbocycles. The number of nitrogens with zero attached hydrogens (tertiary/aromatic N) is 1. The highest BCUT2D eigenvalue weighted by Gasteiger charge is 2.19. The Morgan fingerprint density at radius 3 is 2.60 bits per heavy atom. The molecule has 0 unspecified atom stereocenters. The van der Waals surface area contributed by atoms with Gasteiger partial charge in [-0.3, -0.25) is 9.69 Å². The van der Waals surface area contributed by atoms with E-state index in [4.69, 9.17) is 9.15 Å². The van der Waals surface area contributed by atoms with E-state index in [1.54, 1.807) is 7.11 Å². The van der Waals surface area contributed by atoms with Gasteiger partial charge in [-0.1, -0.05) is 18.6 Å². The summed E-state index contributed by atoms with van der Waals surface area (Å²) in [5, 5.41) is 1.25. The zero-order valence-corrected chi connectivity index (χ0v) is 15.0. The fraction of sp³-hybridized carbons (Fsp3) is 0.350. The second-order valence-corrected chi connectivity index (χ2v) is 6.39. The average molecular weight is 360 g/mol. The quantitative estimate of drug-likeness (QED) is 0.656. The molecule has 1 fully saturated rings. The van der Waals surface area contributed by atoms with Crippen LogP contribution in [-0.4, -0.2) is 25.1 Å². The van der Waals surface area contributed by atoms with E-state index < -0.39 is 0 Å². The van der Waals surface area contributed by atoms with Crippen LogP contribution in [0.15, 0.2) is 45.6 Å². The van der Waals surface area contributed by atoms with Gasteiger partial charge < -0.3 is 21.6 Å². The van der Waals surface area contributed by atoms with Gasteiger partial charge in [0.1, 0.15) is 16.9 Å². The Hall–Kier alpha value is -2.04. The van der Waals surface area contributed by atoms with Crippen LogP contribution in [0.2, 0.25) is 0 Å². The summed E-state index contributed by atoms with van der Waals surface area (Å²) >= 11 is 0. The van der Waals surface area contributed by atoms with Crippen molar-refractivity contribution < 1.29 is 23.0 Å². The van der Waals surface area contributed by atoms with E-state index in [9.17, 15) is 4.79 Å². The van der Waals surface area contributed by atoms with Crippen molar-refractivity contribution in [2.24, 2.45) is 0 Å². The predicted molar refractivity (Wildman–Crippen MR) is 96.8 cm³/mol. The summed E-state index contributed by atoms with van der Waals surface area (Å²) < 4.78 is 11.7. The lowest BCUT2D eigenvalue weighted by molar-refractivity contribution is -0.00000559. The number of piperidine rings is 1. The molecule has 0 radical (unpaired) electrons. The Morgan fingerprint density at radius 1 is 1.08 bits per heavy atom. The number of benzene rings is 2. The van der Waals surface area contributed by atoms with Gasteiger partial charge >= 0.3 is 1.43 Å². The topological polar surface area (TPSA) is 42.7 Å². The van der Waals surface area contributed by atoms with Crippen LogP contribution >= 0.6 is 0 Å². The molecule has 5 heteroatoms. The van der Waals surface area contributed by atoms with E-state index in [0.29, 0.717) is 21.9 Å². The fourth-order valence-electron chi connectivity index (χ4n) is 3.59. The first-order valence-electron chi connectivity index (χ1n) is 8.52. The molecule has 2 heterocycles. The summed E-state index contributed by atoms with van der Waals surface area (Å²) in [6, 6.07) is 11.1. The summed E-state index contributed by atoms with van der Waals surface area (Å²) in [7, 11) is 1.67. The highest BCUT2D eigenvalue weighted by atomic mass is 35.5. The van der Waals surface area contributed by atoms with Crippen molar-refractivity contribution in [2.75, 3.05) is 20.2 Å². The Kier molecular flexibility index (Phi) is 5.30. The Bertz CT molecular complexity index is 951. The summed E-state index contributed by atoms with van der Waals surface area (Å²) in [4.78, 5) is 15.2. The Labute approximate surface area is 154 Å². The number of fused-ring (bicyclic) bond motifs is 2. The van der Waals surface area contributed by atoms with E-state index in [-0.39, 0.29) is 19.3 Å². The molecule has 1 saturated heterocycles. The van der Waals surface area contributed by atoms with Gasteiger partial charge in [0.05, 0.1) is 23.4 Å². The molecule has 3 aromatic rings. The summed E-state index contributed by atoms with van der Waals surface area (Å²) in [5.74, 6) is 0.784. The van der Waals surface area contributed by atoms with E-state index in [1.165, 1.54) is 19.3 Å². The monoisotopic (exact) mass is 359 g/mol. The van der Waals surface area contributed by atoms with Gasteiger partial charge in [0, 0.05) is 6.54 Å². The maximum absolute atomic E-state index is 12.8. The smallest absolute Gasteiger partial charge is 1.00 e. The second kappa shape index (κ2) is 7.46. The van der Waals surface area contributed by atoms with Gasteiger partial charge in [0.2, 0.25) is 5.43 Å². The Morgan fingerprint density at radius 2 is 1.84 bits per heavy atom. The molecule has 0 aliphatic carbocycles. The zero-order valence-electron chi connectivity index (χ0n) is 15.3. The van der Waals surface area contributed by atoms with Crippen molar-refractivity contribution in [3.05, 3.63) is 52.2 Å². The minimum Gasteiger partial charge on any atom is -1.00 e. The number of halogens is 1. The van der Waals surface area contributed by atoms with Crippen molar-refractivity contribution in [1.29, 1.82) is 0 Å². The minimum absolute atomic E-state index is 0. The van der Waals surface area contributed by atoms with Gasteiger partial charge in [-0.15, -0.1) is 0 Å². The lowest BCUT2D eigenvalue weighted by Gasteiger charge is -2.27. The van der Waals surface area contributed by atoms with Gasteiger partial charge in [-0.2, -0.15) is 0 Å². The molecule has 0 bridgehead atoms. The summed E-state index contributed by atoms with van der Waals surface area (Å²) in [6.45, 7) is 2.91. The fourth-order valence-corrected chi connectivity index (χ4v) is 3.59. The first-order chi connectivity index (χ1) is 11.8. The van der Waals surface area contributed by atoms with E-state index in [2.05, 4.69) is 4.90 Å². The standard InChI is InChI=1S/C20H21NO3.ClH/c1-23-17-10-9-15-19(22)14-7-3-4-8-18(14)24-20(15)16(17)13-21-11-5-2-6-12-21;/h3-4,7-10H,2,5-6,11-13H2,1H3;1H. The molecule has 0 spiro atoms. The first kappa shape index (κ1) is 17.8. The van der Waals surface area contributed by atoms with E-state index in [1.807, 2.05) is 36.4 Å². The van der Waals surface area contributed by atoms with Crippen LogP contribution in [0.4, 0.5) is 0 Å². The summed E-state index contributed by atoms with van der Waals surface area (Å²) in [5.41, 5.74) is 2.28. The third kappa shape index (κ3) is 3.24. The van der Waals surface area contributed by atoms with Crippen LogP contribution in [0.3, 0.4) is 0 Å². The molecule has 4 nitrogen and oxygen atoms in total. The Balaban J connectivity index is 0.00000121. The maximum Gasteiger partial charge on any atom is 1.00 e. The van der Waals surface area contributed by atoms with Gasteiger partial charge in [-0.05, 0) is 50.2 Å². The van der Waals surface area contributed by atoms with Crippen LogP contribution in [-0.2, 0) is 6.54 Å². The molecule has 0 saturated carbocycles. The van der Waals surface area contributed by atoms with Crippen molar-refractivity contribution in [2.45, 2.75) is 25.8 Å². The lowest BCUT2D eigenvalue weighted by atomic mass is 10.0. The van der Waals surface area contributed by atoms with Crippen LogP contribution in [0.1, 0.15) is 26.3 Å². The predicted octanol–water partition coefficient (Wildman–Crippen LogP) is 1.06. The van der Waals surface area contributed by atoms with Gasteiger partial charge in [0.15, 0.2) is 0 Å². The molecule has 1 aliphatic heterocycles. The largest absolute Gasteiger partial charge is 1.00 e. The number of methoxy groups -OCH3 is 1. The molecule has 132 valence electrons. The molecule has 1 aromatic heterocycles. The maximum atomic E-state index is 12.8. The first-order valence-corrected chi connectivity index (χ1v) is 8.52. The molecule has 0 N–H and O–H groups in total. The van der Waals surface area contributed by atoms with Crippen LogP contribution in [0.5, 0.6) is 5.75 Å². The molecule has 1 aliphatic rings. The van der Waals surface area contributed by atoms with Crippen molar-refractivity contribution in [3.63, 3.8) is 0 Å². The lowest BCUT2D eigenvalue weighted by Crippen LogP contribution is -3.00. The van der Waals surface area contributed by atoms with E-state index in [0.717, 1.165) is 30.9 Å². The van der Waals surface area contributed by atoms with Gasteiger partial charge in [-0.25, -0.2) is 0 Å². The highest BCUT2D eigenvalue weighted by molar-refractivity contribution is 5.92. The normalized spacial score (nSPS) is 15.2. The summed E-state index contributed by atoms with van der Waals surface area (Å²) in [6.07, 6.45) is 3.74. The minimum atomic E-state index is 0. The van der Waals surface area contributed by atoms with E-state index >= 15 is 0 Å². The molecule has 4 rings (SSSR count). The van der Waals surface area contributed by atoms with Crippen LogP contribution in [0, 0.1) is 0 Å². The zero-order chi connectivity index (χ0) is 16.5. The van der Waals surface area contributed by atoms with Crippen molar-refractivity contribution >= 4 is 21.9 Å². The number of para-hydroxylation sites is 1. The molecule has 25 heavy (non-hydrogen) atoms. The van der Waals surface area contributed by atoms with Crippen molar-refractivity contribution in [1.82, 2.24) is 4.90 Å². The number of hydrogen-bond acceptors (Lipinski definition) is 4. The van der Waals surface area contributed by atoms with Gasteiger partial charge in [0.25, 0.3) is 0 Å². The number of rotatable bonds is 3. The average Bonchev–Trinajstić information content (AvgIpc) is 2.63. The van der Waals surface area contributed by atoms with Crippen LogP contribution < -0.4 is 22.6 Å². The molecule has 0 amide bonds. The van der Waals surface area contributed by atoms with Crippen LogP contribution in [0.25, 0.3) is 21.9 Å². The third-order valence-corrected chi connectivity index (χ3v) is 4.86. The number of ether oxygens (including phenoxy) is 1. The molecular weight excluding hydrogens is 338 g/mol. The SMILES string of the molecule is COc1ccc2c(=O)c3ccccc3oc2c1CN1CCCCC1.[Cl-].[H+].